The third-order valence-electron chi connectivity index (χ3n) is 7.43. The highest BCUT2D eigenvalue weighted by atomic mass is 19.1. The van der Waals surface area contributed by atoms with Crippen molar-refractivity contribution in [2.45, 2.75) is 110 Å². The third kappa shape index (κ3) is 14.7. The molecular weight excluding hydrogens is 555 g/mol. The lowest BCUT2D eigenvalue weighted by Gasteiger charge is -2.13. The standard InChI is InChI=1S/C21H26O2.C17H25FO3/c1-3-4-5-7-10-17(2)23-21(22)20-15-13-19(14-16-20)18-11-8-6-9-12-18;1-2-3-4-5-6-7-8-9-12-21-16-11-10-14(17(19)20)13-15(16)18/h6,8-9,11-17H,3-5,7,10H2,1-2H3;10-11,13H,2-9,12H2,1H3,(H,19,20). The number of esters is 1. The lowest BCUT2D eigenvalue weighted by molar-refractivity contribution is 0.0319. The summed E-state index contributed by atoms with van der Waals surface area (Å²) in [6, 6.07) is 21.5. The van der Waals surface area contributed by atoms with Crippen LogP contribution < -0.4 is 4.74 Å². The number of carbonyl (C=O) groups excluding carboxylic acids is 1. The lowest BCUT2D eigenvalue weighted by atomic mass is 10.0. The molecule has 5 nitrogen and oxygen atoms in total. The largest absolute Gasteiger partial charge is 0.491 e. The van der Waals surface area contributed by atoms with Gasteiger partial charge >= 0.3 is 11.9 Å². The molecule has 0 saturated carbocycles. The van der Waals surface area contributed by atoms with Crippen LogP contribution in [-0.4, -0.2) is 29.8 Å². The van der Waals surface area contributed by atoms with E-state index in [0.717, 1.165) is 42.9 Å². The van der Waals surface area contributed by atoms with Gasteiger partial charge in [0.15, 0.2) is 11.6 Å². The summed E-state index contributed by atoms with van der Waals surface area (Å²) in [5, 5.41) is 8.74. The van der Waals surface area contributed by atoms with E-state index in [0.29, 0.717) is 12.2 Å². The Morgan fingerprint density at radius 3 is 1.84 bits per heavy atom. The van der Waals surface area contributed by atoms with Gasteiger partial charge in [0, 0.05) is 0 Å². The van der Waals surface area contributed by atoms with E-state index < -0.39 is 11.8 Å². The van der Waals surface area contributed by atoms with E-state index in [4.69, 9.17) is 14.6 Å². The molecule has 0 radical (unpaired) electrons. The molecule has 0 aliphatic carbocycles. The number of aromatic carboxylic acids is 1. The Morgan fingerprint density at radius 1 is 0.705 bits per heavy atom. The van der Waals surface area contributed by atoms with E-state index in [2.05, 4.69) is 26.0 Å². The van der Waals surface area contributed by atoms with Crippen LogP contribution in [0.5, 0.6) is 5.75 Å². The topological polar surface area (TPSA) is 72.8 Å². The van der Waals surface area contributed by atoms with E-state index in [-0.39, 0.29) is 23.4 Å². The van der Waals surface area contributed by atoms with Crippen LogP contribution in [0.25, 0.3) is 11.1 Å². The number of hydrogen-bond acceptors (Lipinski definition) is 4. The Kier molecular flexibility index (Phi) is 18.2. The van der Waals surface area contributed by atoms with Gasteiger partial charge in [0.2, 0.25) is 0 Å². The molecule has 3 rings (SSSR count). The fraction of sp³-hybridized carbons (Fsp3) is 0.474. The summed E-state index contributed by atoms with van der Waals surface area (Å²) in [7, 11) is 0. The normalized spacial score (nSPS) is 11.3. The van der Waals surface area contributed by atoms with Gasteiger partial charge in [-0.05, 0) is 67.6 Å². The van der Waals surface area contributed by atoms with Crippen LogP contribution in [0.3, 0.4) is 0 Å². The zero-order valence-corrected chi connectivity index (χ0v) is 26.9. The minimum atomic E-state index is -1.14. The van der Waals surface area contributed by atoms with E-state index in [9.17, 15) is 14.0 Å². The van der Waals surface area contributed by atoms with Crippen LogP contribution in [0.15, 0.2) is 72.8 Å². The summed E-state index contributed by atoms with van der Waals surface area (Å²) in [6.45, 7) is 6.85. The maximum absolute atomic E-state index is 13.6. The second kappa shape index (κ2) is 21.9. The first-order valence-corrected chi connectivity index (χ1v) is 16.4. The molecule has 240 valence electrons. The zero-order valence-electron chi connectivity index (χ0n) is 26.9. The SMILES string of the molecule is CCCCCCC(C)OC(=O)c1ccc(-c2ccccc2)cc1.CCCCCCCCCCOc1ccc(C(=O)O)cc1F. The first kappa shape index (κ1) is 36.5. The molecule has 0 saturated heterocycles. The predicted octanol–water partition coefficient (Wildman–Crippen LogP) is 10.9. The van der Waals surface area contributed by atoms with Crippen molar-refractivity contribution in [1.29, 1.82) is 0 Å². The molecule has 0 aliphatic heterocycles. The molecule has 0 heterocycles. The van der Waals surface area contributed by atoms with E-state index in [1.807, 2.05) is 49.4 Å². The van der Waals surface area contributed by atoms with Gasteiger partial charge < -0.3 is 14.6 Å². The molecule has 1 atom stereocenters. The Hall–Kier alpha value is -3.67. The van der Waals surface area contributed by atoms with Crippen LogP contribution in [0.1, 0.15) is 125 Å². The van der Waals surface area contributed by atoms with Crippen molar-refractivity contribution >= 4 is 11.9 Å². The maximum atomic E-state index is 13.6. The molecule has 0 bridgehead atoms. The highest BCUT2D eigenvalue weighted by Gasteiger charge is 2.12. The van der Waals surface area contributed by atoms with Crippen molar-refractivity contribution in [3.63, 3.8) is 0 Å². The Morgan fingerprint density at radius 2 is 1.25 bits per heavy atom. The minimum Gasteiger partial charge on any atom is -0.491 e. The maximum Gasteiger partial charge on any atom is 0.338 e. The highest BCUT2D eigenvalue weighted by Crippen LogP contribution is 2.21. The number of benzene rings is 3. The Balaban J connectivity index is 0.000000308. The molecule has 0 fully saturated rings. The summed E-state index contributed by atoms with van der Waals surface area (Å²) in [5.41, 5.74) is 2.81. The number of ether oxygens (including phenoxy) is 2. The van der Waals surface area contributed by atoms with E-state index >= 15 is 0 Å². The van der Waals surface area contributed by atoms with Crippen molar-refractivity contribution < 1.29 is 28.6 Å². The number of hydrogen-bond donors (Lipinski definition) is 1. The van der Waals surface area contributed by atoms with E-state index in [1.54, 1.807) is 0 Å². The average molecular weight is 607 g/mol. The van der Waals surface area contributed by atoms with Crippen molar-refractivity contribution in [1.82, 2.24) is 0 Å². The quantitative estimate of drug-likeness (QED) is 0.109. The molecule has 0 aromatic heterocycles. The molecule has 0 amide bonds. The molecule has 1 N–H and O–H groups in total. The molecular formula is C38H51FO5. The predicted molar refractivity (Wildman–Crippen MR) is 177 cm³/mol. The van der Waals surface area contributed by atoms with Crippen LogP contribution in [0.4, 0.5) is 4.39 Å². The molecule has 0 spiro atoms. The van der Waals surface area contributed by atoms with Gasteiger partial charge in [0.05, 0.1) is 23.8 Å². The lowest BCUT2D eigenvalue weighted by Crippen LogP contribution is -2.15. The third-order valence-corrected chi connectivity index (χ3v) is 7.43. The fourth-order valence-corrected chi connectivity index (χ4v) is 4.77. The molecule has 44 heavy (non-hydrogen) atoms. The van der Waals surface area contributed by atoms with Gasteiger partial charge in [-0.2, -0.15) is 0 Å². The van der Waals surface area contributed by atoms with Crippen LogP contribution in [-0.2, 0) is 4.74 Å². The van der Waals surface area contributed by atoms with Crippen LogP contribution in [0, 0.1) is 5.82 Å². The molecule has 0 aliphatic rings. The monoisotopic (exact) mass is 606 g/mol. The summed E-state index contributed by atoms with van der Waals surface area (Å²) in [4.78, 5) is 22.9. The number of carbonyl (C=O) groups is 2. The first-order chi connectivity index (χ1) is 21.3. The highest BCUT2D eigenvalue weighted by molar-refractivity contribution is 5.90. The summed E-state index contributed by atoms with van der Waals surface area (Å²) in [6.07, 6.45) is 15.3. The Bertz CT molecular complexity index is 1210. The number of rotatable bonds is 19. The van der Waals surface area contributed by atoms with Crippen molar-refractivity contribution in [3.8, 4) is 16.9 Å². The number of unbranched alkanes of at least 4 members (excludes halogenated alkanes) is 10. The van der Waals surface area contributed by atoms with Crippen LogP contribution >= 0.6 is 0 Å². The average Bonchev–Trinajstić information content (AvgIpc) is 3.03. The molecule has 1 unspecified atom stereocenters. The zero-order chi connectivity index (χ0) is 32.0. The van der Waals surface area contributed by atoms with Crippen molar-refractivity contribution in [2.75, 3.05) is 6.61 Å². The van der Waals surface area contributed by atoms with Crippen molar-refractivity contribution in [2.24, 2.45) is 0 Å². The van der Waals surface area contributed by atoms with Gasteiger partial charge in [0.25, 0.3) is 0 Å². The van der Waals surface area contributed by atoms with Gasteiger partial charge in [0.1, 0.15) is 0 Å². The smallest absolute Gasteiger partial charge is 0.338 e. The molecule has 3 aromatic carbocycles. The molecule has 3 aromatic rings. The fourth-order valence-electron chi connectivity index (χ4n) is 4.77. The summed E-state index contributed by atoms with van der Waals surface area (Å²) >= 11 is 0. The van der Waals surface area contributed by atoms with Gasteiger partial charge in [-0.3, -0.25) is 0 Å². The van der Waals surface area contributed by atoms with Gasteiger partial charge in [-0.1, -0.05) is 121 Å². The number of carboxylic acids is 1. The summed E-state index contributed by atoms with van der Waals surface area (Å²) in [5.74, 6) is -1.85. The van der Waals surface area contributed by atoms with Gasteiger partial charge in [-0.15, -0.1) is 0 Å². The molecule has 6 heteroatoms. The second-order valence-corrected chi connectivity index (χ2v) is 11.3. The summed E-state index contributed by atoms with van der Waals surface area (Å²) < 4.78 is 24.4. The Labute approximate surface area is 263 Å². The first-order valence-electron chi connectivity index (χ1n) is 16.4. The minimum absolute atomic E-state index is 0.0202. The van der Waals surface area contributed by atoms with E-state index in [1.165, 1.54) is 69.9 Å². The number of halogens is 1. The second-order valence-electron chi connectivity index (χ2n) is 11.3. The number of carboxylic acid groups (broad SMARTS) is 1. The van der Waals surface area contributed by atoms with Crippen LogP contribution in [0.2, 0.25) is 0 Å². The van der Waals surface area contributed by atoms with Crippen molar-refractivity contribution in [3.05, 3.63) is 89.7 Å². The van der Waals surface area contributed by atoms with Gasteiger partial charge in [-0.25, -0.2) is 14.0 Å².